The topological polar surface area (TPSA) is 15.8 Å². The fraction of sp³-hybridized carbons (Fsp3) is 0.167. The van der Waals surface area contributed by atoms with Crippen molar-refractivity contribution >= 4 is 16.7 Å². The summed E-state index contributed by atoms with van der Waals surface area (Å²) < 4.78 is 13.5. The minimum absolute atomic E-state index is 0.167. The Hall–Kier alpha value is -1.57. The van der Waals surface area contributed by atoms with Crippen molar-refractivity contribution in [1.29, 1.82) is 0 Å². The Morgan fingerprint density at radius 3 is 2.79 bits per heavy atom. The standard InChI is InChI=1S/C12H12FN/c1-3-10(13)12-8(2)14-11-7-5-4-6-9(11)12/h3-7,14H,1-2H3/b10-3+. The summed E-state index contributed by atoms with van der Waals surface area (Å²) in [6, 6.07) is 7.74. The van der Waals surface area contributed by atoms with Crippen LogP contribution in [-0.2, 0) is 0 Å². The highest BCUT2D eigenvalue weighted by Gasteiger charge is 2.10. The Balaban J connectivity index is 2.81. The maximum Gasteiger partial charge on any atom is 0.128 e. The average Bonchev–Trinajstić information content (AvgIpc) is 2.53. The third-order valence-corrected chi connectivity index (χ3v) is 2.39. The molecule has 0 aliphatic heterocycles. The van der Waals surface area contributed by atoms with Gasteiger partial charge in [-0.15, -0.1) is 0 Å². The normalized spacial score (nSPS) is 12.4. The van der Waals surface area contributed by atoms with Crippen LogP contribution in [0.25, 0.3) is 16.7 Å². The second-order valence-corrected chi connectivity index (χ2v) is 3.31. The highest BCUT2D eigenvalue weighted by atomic mass is 19.1. The molecule has 2 heteroatoms. The first kappa shape index (κ1) is 9.00. The van der Waals surface area contributed by atoms with E-state index < -0.39 is 0 Å². The minimum atomic E-state index is -0.167. The van der Waals surface area contributed by atoms with Crippen LogP contribution < -0.4 is 0 Å². The molecule has 0 aliphatic carbocycles. The van der Waals surface area contributed by atoms with Crippen LogP contribution in [0.1, 0.15) is 18.2 Å². The van der Waals surface area contributed by atoms with Gasteiger partial charge in [-0.1, -0.05) is 24.3 Å². The Labute approximate surface area is 82.3 Å². The van der Waals surface area contributed by atoms with Gasteiger partial charge in [-0.05, 0) is 19.9 Å². The number of allylic oxidation sites excluding steroid dienone is 1. The molecule has 2 rings (SSSR count). The van der Waals surface area contributed by atoms with Gasteiger partial charge in [-0.25, -0.2) is 4.39 Å². The molecule has 14 heavy (non-hydrogen) atoms. The summed E-state index contributed by atoms with van der Waals surface area (Å²) in [6.07, 6.45) is 1.49. The molecule has 0 unspecified atom stereocenters. The molecule has 0 aliphatic rings. The van der Waals surface area contributed by atoms with E-state index in [0.29, 0.717) is 5.56 Å². The van der Waals surface area contributed by atoms with Crippen molar-refractivity contribution < 1.29 is 4.39 Å². The van der Waals surface area contributed by atoms with Crippen LogP contribution in [0.15, 0.2) is 30.3 Å². The van der Waals surface area contributed by atoms with E-state index in [4.69, 9.17) is 0 Å². The van der Waals surface area contributed by atoms with Crippen molar-refractivity contribution in [2.24, 2.45) is 0 Å². The van der Waals surface area contributed by atoms with Crippen molar-refractivity contribution in [2.45, 2.75) is 13.8 Å². The van der Waals surface area contributed by atoms with Crippen LogP contribution in [-0.4, -0.2) is 4.98 Å². The number of rotatable bonds is 1. The molecule has 0 bridgehead atoms. The molecule has 72 valence electrons. The minimum Gasteiger partial charge on any atom is -0.358 e. The molecule has 1 aromatic heterocycles. The van der Waals surface area contributed by atoms with E-state index in [1.54, 1.807) is 6.92 Å². The Morgan fingerprint density at radius 2 is 2.07 bits per heavy atom. The van der Waals surface area contributed by atoms with Crippen molar-refractivity contribution in [3.63, 3.8) is 0 Å². The average molecular weight is 189 g/mol. The molecular formula is C12H12FN. The number of hydrogen-bond donors (Lipinski definition) is 1. The highest BCUT2D eigenvalue weighted by molar-refractivity contribution is 5.92. The van der Waals surface area contributed by atoms with Gasteiger partial charge in [0, 0.05) is 22.2 Å². The van der Waals surface area contributed by atoms with Gasteiger partial charge in [0.05, 0.1) is 0 Å². The van der Waals surface area contributed by atoms with E-state index >= 15 is 0 Å². The molecule has 0 radical (unpaired) electrons. The second kappa shape index (κ2) is 3.29. The molecule has 0 atom stereocenters. The van der Waals surface area contributed by atoms with Crippen LogP contribution in [0, 0.1) is 6.92 Å². The zero-order valence-electron chi connectivity index (χ0n) is 8.26. The maximum absolute atomic E-state index is 13.5. The molecule has 1 N–H and O–H groups in total. The summed E-state index contributed by atoms with van der Waals surface area (Å²) in [5.74, 6) is -0.167. The van der Waals surface area contributed by atoms with Crippen molar-refractivity contribution in [3.8, 4) is 0 Å². The predicted octanol–water partition coefficient (Wildman–Crippen LogP) is 3.81. The number of benzene rings is 1. The number of para-hydroxylation sites is 1. The fourth-order valence-corrected chi connectivity index (χ4v) is 1.73. The predicted molar refractivity (Wildman–Crippen MR) is 57.8 cm³/mol. The van der Waals surface area contributed by atoms with E-state index in [2.05, 4.69) is 4.98 Å². The Kier molecular flexibility index (Phi) is 2.12. The highest BCUT2D eigenvalue weighted by Crippen LogP contribution is 2.28. The van der Waals surface area contributed by atoms with Gasteiger partial charge in [0.25, 0.3) is 0 Å². The van der Waals surface area contributed by atoms with E-state index in [0.717, 1.165) is 16.6 Å². The SMILES string of the molecule is C/C=C(/F)c1c(C)[nH]c2ccccc12. The molecule has 0 saturated carbocycles. The quantitative estimate of drug-likeness (QED) is 0.702. The van der Waals surface area contributed by atoms with Crippen LogP contribution in [0.5, 0.6) is 0 Å². The lowest BCUT2D eigenvalue weighted by molar-refractivity contribution is 0.758. The first-order chi connectivity index (χ1) is 6.74. The number of aromatic amines is 1. The first-order valence-electron chi connectivity index (χ1n) is 4.63. The molecule has 0 saturated heterocycles. The van der Waals surface area contributed by atoms with Gasteiger partial charge >= 0.3 is 0 Å². The molecule has 1 aromatic carbocycles. The maximum atomic E-state index is 13.5. The van der Waals surface area contributed by atoms with E-state index in [1.807, 2.05) is 31.2 Å². The van der Waals surface area contributed by atoms with Gasteiger partial charge in [-0.2, -0.15) is 0 Å². The number of fused-ring (bicyclic) bond motifs is 1. The van der Waals surface area contributed by atoms with Crippen molar-refractivity contribution in [1.82, 2.24) is 4.98 Å². The summed E-state index contributed by atoms with van der Waals surface area (Å²) in [6.45, 7) is 3.59. The smallest absolute Gasteiger partial charge is 0.128 e. The zero-order valence-corrected chi connectivity index (χ0v) is 8.26. The number of aryl methyl sites for hydroxylation is 1. The summed E-state index contributed by atoms with van der Waals surface area (Å²) in [5, 5.41) is 0.945. The van der Waals surface area contributed by atoms with Crippen LogP contribution >= 0.6 is 0 Å². The summed E-state index contributed by atoms with van der Waals surface area (Å²) in [7, 11) is 0. The van der Waals surface area contributed by atoms with Crippen LogP contribution in [0.3, 0.4) is 0 Å². The van der Waals surface area contributed by atoms with Crippen molar-refractivity contribution in [3.05, 3.63) is 41.6 Å². The Morgan fingerprint density at radius 1 is 1.36 bits per heavy atom. The fourth-order valence-electron chi connectivity index (χ4n) is 1.73. The number of nitrogens with one attached hydrogen (secondary N) is 1. The number of hydrogen-bond acceptors (Lipinski definition) is 0. The lowest BCUT2D eigenvalue weighted by Crippen LogP contribution is -1.79. The van der Waals surface area contributed by atoms with Crippen LogP contribution in [0.4, 0.5) is 4.39 Å². The molecule has 0 spiro atoms. The van der Waals surface area contributed by atoms with E-state index in [9.17, 15) is 4.39 Å². The van der Waals surface area contributed by atoms with E-state index in [1.165, 1.54) is 6.08 Å². The first-order valence-corrected chi connectivity index (χ1v) is 4.63. The molecule has 1 heterocycles. The summed E-state index contributed by atoms with van der Waals surface area (Å²) in [5.41, 5.74) is 2.54. The van der Waals surface area contributed by atoms with Crippen molar-refractivity contribution in [2.75, 3.05) is 0 Å². The number of aromatic nitrogens is 1. The lowest BCUT2D eigenvalue weighted by atomic mass is 10.1. The molecule has 0 fully saturated rings. The van der Waals surface area contributed by atoms with Gasteiger partial charge in [0.2, 0.25) is 0 Å². The van der Waals surface area contributed by atoms with Gasteiger partial charge in [0.15, 0.2) is 0 Å². The molecule has 2 aromatic rings. The third kappa shape index (κ3) is 1.23. The molecule has 1 nitrogen and oxygen atoms in total. The summed E-state index contributed by atoms with van der Waals surface area (Å²) in [4.78, 5) is 3.16. The number of halogens is 1. The third-order valence-electron chi connectivity index (χ3n) is 2.39. The van der Waals surface area contributed by atoms with Crippen LogP contribution in [0.2, 0.25) is 0 Å². The van der Waals surface area contributed by atoms with Gasteiger partial charge < -0.3 is 4.98 Å². The Bertz CT molecular complexity index is 494. The zero-order chi connectivity index (χ0) is 10.1. The monoisotopic (exact) mass is 189 g/mol. The van der Waals surface area contributed by atoms with Gasteiger partial charge in [0.1, 0.15) is 5.83 Å². The largest absolute Gasteiger partial charge is 0.358 e. The van der Waals surface area contributed by atoms with Gasteiger partial charge in [-0.3, -0.25) is 0 Å². The molecule has 0 amide bonds. The summed E-state index contributed by atoms with van der Waals surface area (Å²) >= 11 is 0. The molecular weight excluding hydrogens is 177 g/mol. The number of H-pyrrole nitrogens is 1. The van der Waals surface area contributed by atoms with E-state index in [-0.39, 0.29) is 5.83 Å². The second-order valence-electron chi connectivity index (χ2n) is 3.31. The lowest BCUT2D eigenvalue weighted by Gasteiger charge is -1.96.